The second kappa shape index (κ2) is 3.14. The SMILES string of the molecule is S=c1[nH]c2cc3c(nc2s1)CCCC3. The smallest absolute Gasteiger partial charge is 0.160 e. The van der Waals surface area contributed by atoms with Crippen LogP contribution >= 0.6 is 23.6 Å². The van der Waals surface area contributed by atoms with Crippen LogP contribution in [0.2, 0.25) is 0 Å². The average molecular weight is 222 g/mol. The summed E-state index contributed by atoms with van der Waals surface area (Å²) in [5.74, 6) is 0. The first-order valence-electron chi connectivity index (χ1n) is 4.84. The van der Waals surface area contributed by atoms with Crippen molar-refractivity contribution < 1.29 is 0 Å². The molecule has 2 aromatic heterocycles. The topological polar surface area (TPSA) is 28.7 Å². The number of hydrogen-bond acceptors (Lipinski definition) is 3. The van der Waals surface area contributed by atoms with Gasteiger partial charge < -0.3 is 4.98 Å². The number of hydrogen-bond donors (Lipinski definition) is 1. The predicted octanol–water partition coefficient (Wildman–Crippen LogP) is 3.23. The molecule has 0 spiro atoms. The van der Waals surface area contributed by atoms with Crippen LogP contribution < -0.4 is 0 Å². The van der Waals surface area contributed by atoms with Gasteiger partial charge in [-0.1, -0.05) is 11.3 Å². The molecule has 0 radical (unpaired) electrons. The Morgan fingerprint density at radius 3 is 3.14 bits per heavy atom. The molecule has 1 aliphatic carbocycles. The van der Waals surface area contributed by atoms with Crippen molar-refractivity contribution in [3.63, 3.8) is 0 Å². The summed E-state index contributed by atoms with van der Waals surface area (Å²) < 4.78 is 0.829. The van der Waals surface area contributed by atoms with E-state index in [2.05, 4.69) is 16.0 Å². The van der Waals surface area contributed by atoms with Gasteiger partial charge in [0.25, 0.3) is 0 Å². The molecule has 1 aliphatic rings. The van der Waals surface area contributed by atoms with Crippen molar-refractivity contribution in [2.75, 3.05) is 0 Å². The molecule has 1 N–H and O–H groups in total. The lowest BCUT2D eigenvalue weighted by Gasteiger charge is -2.13. The standard InChI is InChI=1S/C10H10N2S2/c13-10-12-8-5-6-3-1-2-4-7(6)11-9(8)14-10/h5H,1-4H2,(H,12,13). The summed E-state index contributed by atoms with van der Waals surface area (Å²) in [7, 11) is 0. The maximum atomic E-state index is 5.11. The highest BCUT2D eigenvalue weighted by Crippen LogP contribution is 2.25. The fourth-order valence-corrected chi connectivity index (χ4v) is 3.06. The minimum Gasteiger partial charge on any atom is -0.336 e. The molecule has 0 saturated heterocycles. The van der Waals surface area contributed by atoms with Gasteiger partial charge in [0.15, 0.2) is 3.95 Å². The zero-order valence-electron chi connectivity index (χ0n) is 7.67. The highest BCUT2D eigenvalue weighted by molar-refractivity contribution is 7.73. The van der Waals surface area contributed by atoms with Crippen LogP contribution in [0.15, 0.2) is 6.07 Å². The van der Waals surface area contributed by atoms with Gasteiger partial charge in [0.1, 0.15) is 4.83 Å². The van der Waals surface area contributed by atoms with E-state index in [-0.39, 0.29) is 0 Å². The molecule has 0 aliphatic heterocycles. The fourth-order valence-electron chi connectivity index (χ4n) is 2.01. The van der Waals surface area contributed by atoms with Crippen LogP contribution in [0.4, 0.5) is 0 Å². The van der Waals surface area contributed by atoms with Gasteiger partial charge in [0.2, 0.25) is 0 Å². The first-order chi connectivity index (χ1) is 6.83. The Labute approximate surface area is 91.0 Å². The van der Waals surface area contributed by atoms with Gasteiger partial charge in [-0.25, -0.2) is 4.98 Å². The number of pyridine rings is 1. The number of nitrogens with zero attached hydrogens (tertiary/aromatic N) is 1. The number of aromatic nitrogens is 2. The van der Waals surface area contributed by atoms with E-state index in [4.69, 9.17) is 12.2 Å². The lowest BCUT2D eigenvalue weighted by atomic mass is 9.96. The summed E-state index contributed by atoms with van der Waals surface area (Å²) in [6.07, 6.45) is 4.89. The predicted molar refractivity (Wildman–Crippen MR) is 61.4 cm³/mol. The molecule has 2 nitrogen and oxygen atoms in total. The molecular formula is C10H10N2S2. The van der Waals surface area contributed by atoms with E-state index in [1.54, 1.807) is 11.3 Å². The quantitative estimate of drug-likeness (QED) is 0.693. The van der Waals surface area contributed by atoms with E-state index in [1.165, 1.54) is 30.5 Å². The number of aryl methyl sites for hydroxylation is 2. The highest BCUT2D eigenvalue weighted by Gasteiger charge is 2.12. The Morgan fingerprint density at radius 2 is 2.21 bits per heavy atom. The van der Waals surface area contributed by atoms with Crippen molar-refractivity contribution in [1.29, 1.82) is 0 Å². The molecule has 2 aromatic rings. The molecular weight excluding hydrogens is 212 g/mol. The van der Waals surface area contributed by atoms with Crippen LogP contribution in [0.5, 0.6) is 0 Å². The van der Waals surface area contributed by atoms with Crippen molar-refractivity contribution in [2.45, 2.75) is 25.7 Å². The zero-order valence-corrected chi connectivity index (χ0v) is 9.30. The van der Waals surface area contributed by atoms with Crippen LogP contribution in [0.1, 0.15) is 24.1 Å². The van der Waals surface area contributed by atoms with Crippen molar-refractivity contribution in [3.05, 3.63) is 21.3 Å². The largest absolute Gasteiger partial charge is 0.336 e. The molecule has 0 amide bonds. The third-order valence-corrected chi connectivity index (χ3v) is 3.84. The summed E-state index contributed by atoms with van der Waals surface area (Å²) >= 11 is 6.68. The Kier molecular flexibility index (Phi) is 1.92. The van der Waals surface area contributed by atoms with Crippen LogP contribution in [0, 0.1) is 3.95 Å². The zero-order chi connectivity index (χ0) is 9.54. The van der Waals surface area contributed by atoms with Crippen LogP contribution in [0.25, 0.3) is 10.3 Å². The minimum absolute atomic E-state index is 0.829. The van der Waals surface area contributed by atoms with Crippen LogP contribution in [-0.4, -0.2) is 9.97 Å². The van der Waals surface area contributed by atoms with Crippen LogP contribution in [-0.2, 0) is 12.8 Å². The molecule has 2 heterocycles. The average Bonchev–Trinajstić information content (AvgIpc) is 2.53. The van der Waals surface area contributed by atoms with E-state index in [9.17, 15) is 0 Å². The Balaban J connectivity index is 2.31. The molecule has 0 unspecified atom stereocenters. The van der Waals surface area contributed by atoms with Crippen molar-refractivity contribution >= 4 is 33.9 Å². The van der Waals surface area contributed by atoms with E-state index in [1.807, 2.05) is 0 Å². The van der Waals surface area contributed by atoms with Gasteiger partial charge in [-0.3, -0.25) is 0 Å². The van der Waals surface area contributed by atoms with E-state index >= 15 is 0 Å². The molecule has 0 atom stereocenters. The molecule has 14 heavy (non-hydrogen) atoms. The van der Waals surface area contributed by atoms with Crippen molar-refractivity contribution in [2.24, 2.45) is 0 Å². The summed E-state index contributed by atoms with van der Waals surface area (Å²) in [5.41, 5.74) is 3.81. The molecule has 0 saturated carbocycles. The van der Waals surface area contributed by atoms with Gasteiger partial charge in [-0.2, -0.15) is 0 Å². The summed E-state index contributed by atoms with van der Waals surface area (Å²) in [4.78, 5) is 8.90. The summed E-state index contributed by atoms with van der Waals surface area (Å²) in [6, 6.07) is 2.23. The van der Waals surface area contributed by atoms with E-state index in [0.29, 0.717) is 0 Å². The number of aromatic amines is 1. The Bertz CT molecular complexity index is 493. The van der Waals surface area contributed by atoms with Crippen molar-refractivity contribution in [1.82, 2.24) is 9.97 Å². The van der Waals surface area contributed by atoms with Gasteiger partial charge in [-0.05, 0) is 49.5 Å². The number of nitrogens with one attached hydrogen (secondary N) is 1. The minimum atomic E-state index is 0.829. The number of thiazole rings is 1. The normalized spacial score (nSPS) is 15.7. The molecule has 0 bridgehead atoms. The van der Waals surface area contributed by atoms with E-state index in [0.717, 1.165) is 20.7 Å². The number of H-pyrrole nitrogens is 1. The third kappa shape index (κ3) is 1.29. The molecule has 3 rings (SSSR count). The Morgan fingerprint density at radius 1 is 1.36 bits per heavy atom. The summed E-state index contributed by atoms with van der Waals surface area (Å²) in [6.45, 7) is 0. The van der Waals surface area contributed by atoms with Gasteiger partial charge >= 0.3 is 0 Å². The van der Waals surface area contributed by atoms with Gasteiger partial charge in [0.05, 0.1) is 5.52 Å². The van der Waals surface area contributed by atoms with Crippen molar-refractivity contribution in [3.8, 4) is 0 Å². The number of rotatable bonds is 0. The third-order valence-electron chi connectivity index (χ3n) is 2.69. The second-order valence-electron chi connectivity index (χ2n) is 3.67. The van der Waals surface area contributed by atoms with Gasteiger partial charge in [0, 0.05) is 5.69 Å². The lowest BCUT2D eigenvalue weighted by molar-refractivity contribution is 0.671. The molecule has 0 fully saturated rings. The van der Waals surface area contributed by atoms with Gasteiger partial charge in [-0.15, -0.1) is 0 Å². The molecule has 0 aromatic carbocycles. The maximum absolute atomic E-state index is 5.11. The maximum Gasteiger partial charge on any atom is 0.160 e. The fraction of sp³-hybridized carbons (Fsp3) is 0.400. The Hall–Kier alpha value is -0.740. The van der Waals surface area contributed by atoms with E-state index < -0.39 is 0 Å². The second-order valence-corrected chi connectivity index (χ2v) is 5.33. The molecule has 72 valence electrons. The lowest BCUT2D eigenvalue weighted by Crippen LogP contribution is -2.04. The van der Waals surface area contributed by atoms with Crippen LogP contribution in [0.3, 0.4) is 0 Å². The molecule has 4 heteroatoms. The number of fused-ring (bicyclic) bond motifs is 2. The summed E-state index contributed by atoms with van der Waals surface area (Å²) in [5, 5.41) is 0. The first kappa shape index (κ1) is 8.56. The highest BCUT2D eigenvalue weighted by atomic mass is 32.1. The monoisotopic (exact) mass is 222 g/mol. The first-order valence-corrected chi connectivity index (χ1v) is 6.07.